The normalized spacial score (nSPS) is 21.5. The molecule has 2 saturated heterocycles. The summed E-state index contributed by atoms with van der Waals surface area (Å²) in [6.07, 6.45) is 3.04. The van der Waals surface area contributed by atoms with Crippen LogP contribution in [0.3, 0.4) is 0 Å². The molecule has 140 valence electrons. The molecule has 26 heavy (non-hydrogen) atoms. The number of piperidine rings is 1. The molecule has 2 aliphatic rings. The second-order valence-electron chi connectivity index (χ2n) is 7.21. The third kappa shape index (κ3) is 3.31. The van der Waals surface area contributed by atoms with Gasteiger partial charge >= 0.3 is 0 Å². The minimum Gasteiger partial charge on any atom is -0.388 e. The molecule has 1 N–H and O–H groups in total. The summed E-state index contributed by atoms with van der Waals surface area (Å²) in [7, 11) is 1.93. The summed E-state index contributed by atoms with van der Waals surface area (Å²) in [6.45, 7) is 5.34. The monoisotopic (exact) mass is 358 g/mol. The molecule has 0 radical (unpaired) electrons. The summed E-state index contributed by atoms with van der Waals surface area (Å²) >= 11 is 0. The lowest BCUT2D eigenvalue weighted by Crippen LogP contribution is -2.34. The first-order valence-electron chi connectivity index (χ1n) is 9.33. The lowest BCUT2D eigenvalue weighted by molar-refractivity contribution is 0.193. The molecule has 0 spiro atoms. The Morgan fingerprint density at radius 1 is 1.15 bits per heavy atom. The van der Waals surface area contributed by atoms with Gasteiger partial charge in [-0.1, -0.05) is 0 Å². The van der Waals surface area contributed by atoms with Crippen LogP contribution in [0, 0.1) is 6.92 Å². The molecule has 2 aromatic heterocycles. The van der Waals surface area contributed by atoms with Crippen LogP contribution in [0.2, 0.25) is 0 Å². The van der Waals surface area contributed by atoms with E-state index in [2.05, 4.69) is 31.1 Å². The summed E-state index contributed by atoms with van der Waals surface area (Å²) in [4.78, 5) is 11.6. The molecule has 4 rings (SSSR count). The van der Waals surface area contributed by atoms with Crippen LogP contribution in [0.5, 0.6) is 0 Å². The topological polar surface area (TPSA) is 89.2 Å². The van der Waals surface area contributed by atoms with E-state index < -0.39 is 0 Å². The lowest BCUT2D eigenvalue weighted by atomic mass is 9.95. The Kier molecular flexibility index (Phi) is 4.86. The molecule has 2 aromatic rings. The van der Waals surface area contributed by atoms with Crippen molar-refractivity contribution >= 4 is 5.82 Å². The number of nitrogens with zero attached hydrogens (tertiary/aromatic N) is 6. The molecule has 0 aromatic carbocycles. The van der Waals surface area contributed by atoms with E-state index in [0.717, 1.165) is 68.7 Å². The molecule has 2 aliphatic heterocycles. The van der Waals surface area contributed by atoms with Crippen molar-refractivity contribution in [2.45, 2.75) is 44.6 Å². The highest BCUT2D eigenvalue weighted by atomic mass is 16.5. The first-order chi connectivity index (χ1) is 12.7. The Morgan fingerprint density at radius 3 is 2.62 bits per heavy atom. The number of ether oxygens (including phenoxy) is 1. The van der Waals surface area contributed by atoms with E-state index >= 15 is 0 Å². The van der Waals surface area contributed by atoms with Crippen LogP contribution < -0.4 is 4.90 Å². The highest BCUT2D eigenvalue weighted by Crippen LogP contribution is 2.31. The van der Waals surface area contributed by atoms with Gasteiger partial charge in [0.05, 0.1) is 12.3 Å². The van der Waals surface area contributed by atoms with Gasteiger partial charge in [0.1, 0.15) is 24.1 Å². The number of aliphatic hydroxyl groups is 1. The van der Waals surface area contributed by atoms with Gasteiger partial charge in [0.15, 0.2) is 5.82 Å². The van der Waals surface area contributed by atoms with E-state index in [9.17, 15) is 5.11 Å². The molecule has 8 nitrogen and oxygen atoms in total. The maximum atomic E-state index is 9.31. The largest absolute Gasteiger partial charge is 0.388 e. The van der Waals surface area contributed by atoms with Crippen molar-refractivity contribution in [2.75, 3.05) is 31.2 Å². The minimum absolute atomic E-state index is 0.0732. The Bertz CT molecular complexity index is 763. The number of anilines is 1. The van der Waals surface area contributed by atoms with Crippen LogP contribution >= 0.6 is 0 Å². The summed E-state index contributed by atoms with van der Waals surface area (Å²) in [5, 5.41) is 17.7. The second-order valence-corrected chi connectivity index (χ2v) is 7.21. The Balaban J connectivity index is 1.46. The van der Waals surface area contributed by atoms with Crippen molar-refractivity contribution in [2.24, 2.45) is 7.05 Å². The molecule has 0 aliphatic carbocycles. The Labute approximate surface area is 153 Å². The zero-order chi connectivity index (χ0) is 18.1. The fourth-order valence-electron chi connectivity index (χ4n) is 3.95. The lowest BCUT2D eigenvalue weighted by Gasteiger charge is -2.32. The molecule has 0 saturated carbocycles. The van der Waals surface area contributed by atoms with Gasteiger partial charge in [-0.2, -0.15) is 0 Å². The smallest absolute Gasteiger partial charge is 0.158 e. The Morgan fingerprint density at radius 2 is 1.96 bits per heavy atom. The molecule has 2 fully saturated rings. The number of rotatable bonds is 4. The van der Waals surface area contributed by atoms with Gasteiger partial charge in [0.25, 0.3) is 0 Å². The van der Waals surface area contributed by atoms with Gasteiger partial charge in [-0.15, -0.1) is 10.2 Å². The highest BCUT2D eigenvalue weighted by Gasteiger charge is 2.27. The maximum Gasteiger partial charge on any atom is 0.158 e. The summed E-state index contributed by atoms with van der Waals surface area (Å²) < 4.78 is 7.44. The van der Waals surface area contributed by atoms with Gasteiger partial charge in [-0.05, 0) is 26.2 Å². The number of aromatic nitrogens is 5. The van der Waals surface area contributed by atoms with Crippen molar-refractivity contribution in [3.8, 4) is 0 Å². The van der Waals surface area contributed by atoms with Crippen molar-refractivity contribution in [1.29, 1.82) is 0 Å². The van der Waals surface area contributed by atoms with Crippen LogP contribution in [0.25, 0.3) is 0 Å². The third-order valence-electron chi connectivity index (χ3n) is 5.52. The van der Waals surface area contributed by atoms with Crippen LogP contribution in [-0.2, 0) is 18.4 Å². The molecule has 0 unspecified atom stereocenters. The summed E-state index contributed by atoms with van der Waals surface area (Å²) in [5.41, 5.74) is 1.10. The van der Waals surface area contributed by atoms with E-state index in [4.69, 9.17) is 4.74 Å². The quantitative estimate of drug-likeness (QED) is 0.881. The van der Waals surface area contributed by atoms with Gasteiger partial charge in [-0.25, -0.2) is 9.97 Å². The first kappa shape index (κ1) is 17.4. The molecule has 4 heterocycles. The van der Waals surface area contributed by atoms with E-state index in [1.807, 2.05) is 18.5 Å². The highest BCUT2D eigenvalue weighted by molar-refractivity contribution is 5.41. The molecule has 1 atom stereocenters. The number of aryl methyl sites for hydroxylation is 1. The number of hydrogen-bond acceptors (Lipinski definition) is 7. The van der Waals surface area contributed by atoms with Crippen molar-refractivity contribution < 1.29 is 9.84 Å². The summed E-state index contributed by atoms with van der Waals surface area (Å²) in [6, 6.07) is 2.14. The fourth-order valence-corrected chi connectivity index (χ4v) is 3.95. The standard InChI is InChI=1S/C18H26N6O2/c1-12-19-15(14-5-8-26-11-14)9-16(20-12)24-6-3-13(4-7-24)18-22-21-17(10-25)23(18)2/h9,13-14,25H,3-8,10-11H2,1-2H3/t14-/m0/s1. The van der Waals surface area contributed by atoms with Gasteiger partial charge in [-0.3, -0.25) is 0 Å². The zero-order valence-electron chi connectivity index (χ0n) is 15.4. The average Bonchev–Trinajstić information content (AvgIpc) is 3.31. The minimum atomic E-state index is -0.0732. The summed E-state index contributed by atoms with van der Waals surface area (Å²) in [5.74, 6) is 4.20. The van der Waals surface area contributed by atoms with Crippen LogP contribution in [0.1, 0.15) is 54.3 Å². The van der Waals surface area contributed by atoms with Crippen LogP contribution in [0.15, 0.2) is 6.07 Å². The fraction of sp³-hybridized carbons (Fsp3) is 0.667. The van der Waals surface area contributed by atoms with Crippen LogP contribution in [0.4, 0.5) is 5.82 Å². The van der Waals surface area contributed by atoms with E-state index in [1.54, 1.807) is 0 Å². The van der Waals surface area contributed by atoms with Crippen molar-refractivity contribution in [3.63, 3.8) is 0 Å². The second kappa shape index (κ2) is 7.28. The predicted octanol–water partition coefficient (Wildman–Crippen LogP) is 1.29. The third-order valence-corrected chi connectivity index (χ3v) is 5.52. The van der Waals surface area contributed by atoms with E-state index in [-0.39, 0.29) is 6.61 Å². The number of hydrogen-bond donors (Lipinski definition) is 1. The van der Waals surface area contributed by atoms with E-state index in [0.29, 0.717) is 17.7 Å². The molecule has 0 bridgehead atoms. The van der Waals surface area contributed by atoms with Gasteiger partial charge < -0.3 is 19.3 Å². The van der Waals surface area contributed by atoms with Gasteiger partial charge in [0.2, 0.25) is 0 Å². The molecule has 8 heteroatoms. The maximum absolute atomic E-state index is 9.31. The van der Waals surface area contributed by atoms with Crippen molar-refractivity contribution in [1.82, 2.24) is 24.7 Å². The van der Waals surface area contributed by atoms with Crippen LogP contribution in [-0.4, -0.2) is 56.1 Å². The van der Waals surface area contributed by atoms with E-state index in [1.165, 1.54) is 0 Å². The number of aliphatic hydroxyl groups excluding tert-OH is 1. The SMILES string of the molecule is Cc1nc([C@H]2CCOC2)cc(N2CCC(c3nnc(CO)n3C)CC2)n1. The first-order valence-corrected chi connectivity index (χ1v) is 9.33. The predicted molar refractivity (Wildman–Crippen MR) is 96.1 cm³/mol. The van der Waals surface area contributed by atoms with Crippen molar-refractivity contribution in [3.05, 3.63) is 29.2 Å². The Hall–Kier alpha value is -2.06. The molecule has 0 amide bonds. The van der Waals surface area contributed by atoms with Gasteiger partial charge in [0, 0.05) is 44.6 Å². The average molecular weight is 358 g/mol. The zero-order valence-corrected chi connectivity index (χ0v) is 15.4. The molecular formula is C18H26N6O2. The molecular weight excluding hydrogens is 332 g/mol.